The van der Waals surface area contributed by atoms with Gasteiger partial charge in [0.25, 0.3) is 0 Å². The van der Waals surface area contributed by atoms with Gasteiger partial charge in [0.1, 0.15) is 11.5 Å². The Morgan fingerprint density at radius 1 is 1.20 bits per heavy atom. The molecule has 0 bridgehead atoms. The predicted molar refractivity (Wildman–Crippen MR) is 72.6 cm³/mol. The Morgan fingerprint density at radius 2 is 1.90 bits per heavy atom. The van der Waals surface area contributed by atoms with Crippen molar-refractivity contribution in [3.8, 4) is 5.75 Å². The molecular formula is C14H17NO5. The van der Waals surface area contributed by atoms with Crippen LogP contribution in [0.5, 0.6) is 5.75 Å². The van der Waals surface area contributed by atoms with Crippen LogP contribution in [0.25, 0.3) is 0 Å². The second-order valence-corrected chi connectivity index (χ2v) is 4.21. The smallest absolute Gasteiger partial charge is 0.309 e. The Bertz CT molecular complexity index is 524. The Morgan fingerprint density at radius 3 is 2.45 bits per heavy atom. The van der Waals surface area contributed by atoms with Crippen molar-refractivity contribution in [1.82, 2.24) is 0 Å². The number of carbonyl (C=O) groups excluding carboxylic acids is 3. The lowest BCUT2D eigenvalue weighted by atomic mass is 10.1. The maximum atomic E-state index is 11.6. The van der Waals surface area contributed by atoms with Crippen molar-refractivity contribution in [2.75, 3.05) is 19.5 Å². The van der Waals surface area contributed by atoms with Crippen LogP contribution >= 0.6 is 0 Å². The minimum absolute atomic E-state index is 0.0933. The number of amides is 1. The van der Waals surface area contributed by atoms with Crippen molar-refractivity contribution >= 4 is 23.3 Å². The highest BCUT2D eigenvalue weighted by molar-refractivity contribution is 6.04. The molecule has 0 saturated heterocycles. The molecule has 0 atom stereocenters. The van der Waals surface area contributed by atoms with Gasteiger partial charge >= 0.3 is 5.97 Å². The Balaban J connectivity index is 2.91. The Kier molecular flexibility index (Phi) is 5.71. The lowest BCUT2D eigenvalue weighted by Crippen LogP contribution is -2.15. The van der Waals surface area contributed by atoms with Crippen molar-refractivity contribution < 1.29 is 23.9 Å². The standard InChI is InChI=1S/C14H17NO5/c1-9(16)6-13(17)15-11-7-10(8-14(18)20-3)4-5-12(11)19-2/h4-5,7H,6,8H2,1-3H3,(H,15,17). The van der Waals surface area contributed by atoms with Gasteiger partial charge < -0.3 is 14.8 Å². The molecule has 1 rings (SSSR count). The molecule has 0 unspecified atom stereocenters. The molecule has 0 aromatic heterocycles. The molecular weight excluding hydrogens is 262 g/mol. The van der Waals surface area contributed by atoms with Crippen LogP contribution < -0.4 is 10.1 Å². The number of anilines is 1. The normalized spacial score (nSPS) is 9.75. The molecule has 6 heteroatoms. The first-order chi connectivity index (χ1) is 9.46. The van der Waals surface area contributed by atoms with E-state index in [1.165, 1.54) is 21.1 Å². The summed E-state index contributed by atoms with van der Waals surface area (Å²) in [5, 5.41) is 2.59. The largest absolute Gasteiger partial charge is 0.495 e. The molecule has 1 amide bonds. The van der Waals surface area contributed by atoms with Gasteiger partial charge in [-0.25, -0.2) is 0 Å². The number of Topliss-reactive ketones (excluding diaryl/α,β-unsaturated/α-hetero) is 1. The van der Waals surface area contributed by atoms with Crippen LogP contribution in [0, 0.1) is 0 Å². The Hall–Kier alpha value is -2.37. The Labute approximate surface area is 117 Å². The monoisotopic (exact) mass is 279 g/mol. The fourth-order valence-electron chi connectivity index (χ4n) is 1.62. The van der Waals surface area contributed by atoms with Gasteiger partial charge in [-0.2, -0.15) is 0 Å². The van der Waals surface area contributed by atoms with Gasteiger partial charge in [-0.15, -0.1) is 0 Å². The molecule has 108 valence electrons. The molecule has 6 nitrogen and oxygen atoms in total. The van der Waals surface area contributed by atoms with E-state index in [4.69, 9.17) is 4.74 Å². The zero-order valence-corrected chi connectivity index (χ0v) is 11.7. The molecule has 0 spiro atoms. The minimum atomic E-state index is -0.425. The van der Waals surface area contributed by atoms with E-state index in [-0.39, 0.29) is 24.6 Å². The fourth-order valence-corrected chi connectivity index (χ4v) is 1.62. The number of rotatable bonds is 6. The van der Waals surface area contributed by atoms with Gasteiger partial charge in [0.05, 0.1) is 32.7 Å². The quantitative estimate of drug-likeness (QED) is 0.627. The van der Waals surface area contributed by atoms with E-state index in [1.54, 1.807) is 18.2 Å². The van der Waals surface area contributed by atoms with Crippen molar-refractivity contribution in [1.29, 1.82) is 0 Å². The van der Waals surface area contributed by atoms with Crippen LogP contribution in [0.1, 0.15) is 18.9 Å². The highest BCUT2D eigenvalue weighted by Gasteiger charge is 2.12. The van der Waals surface area contributed by atoms with E-state index in [9.17, 15) is 14.4 Å². The van der Waals surface area contributed by atoms with E-state index >= 15 is 0 Å². The molecule has 0 saturated carbocycles. The molecule has 0 aliphatic heterocycles. The van der Waals surface area contributed by atoms with Gasteiger partial charge in [0.2, 0.25) is 5.91 Å². The SMILES string of the molecule is COC(=O)Cc1ccc(OC)c(NC(=O)CC(C)=O)c1. The lowest BCUT2D eigenvalue weighted by molar-refractivity contribution is -0.139. The third-order valence-electron chi connectivity index (χ3n) is 2.52. The maximum Gasteiger partial charge on any atom is 0.309 e. The summed E-state index contributed by atoms with van der Waals surface area (Å²) >= 11 is 0. The first kappa shape index (κ1) is 15.7. The summed E-state index contributed by atoms with van der Waals surface area (Å²) in [6, 6.07) is 4.96. The van der Waals surface area contributed by atoms with Crippen molar-refractivity contribution in [3.05, 3.63) is 23.8 Å². The van der Waals surface area contributed by atoms with Crippen LogP contribution in [-0.4, -0.2) is 31.9 Å². The summed E-state index contributed by atoms with van der Waals surface area (Å²) in [4.78, 5) is 33.7. The summed E-state index contributed by atoms with van der Waals surface area (Å²) in [5.74, 6) is -0.579. The topological polar surface area (TPSA) is 81.7 Å². The number of methoxy groups -OCH3 is 2. The summed E-state index contributed by atoms with van der Waals surface area (Å²) in [6.07, 6.45) is -0.111. The van der Waals surface area contributed by atoms with Gasteiger partial charge in [-0.05, 0) is 24.6 Å². The van der Waals surface area contributed by atoms with Crippen LogP contribution in [0.15, 0.2) is 18.2 Å². The van der Waals surface area contributed by atoms with Gasteiger partial charge in [-0.3, -0.25) is 14.4 Å². The lowest BCUT2D eigenvalue weighted by Gasteiger charge is -2.11. The third kappa shape index (κ3) is 4.72. The zero-order valence-electron chi connectivity index (χ0n) is 11.7. The van der Waals surface area contributed by atoms with Gasteiger partial charge in [0, 0.05) is 0 Å². The van der Waals surface area contributed by atoms with E-state index in [1.807, 2.05) is 0 Å². The number of hydrogen-bond acceptors (Lipinski definition) is 5. The fraction of sp³-hybridized carbons (Fsp3) is 0.357. The summed E-state index contributed by atoms with van der Waals surface area (Å²) < 4.78 is 9.70. The average Bonchev–Trinajstić information content (AvgIpc) is 2.37. The first-order valence-electron chi connectivity index (χ1n) is 5.99. The van der Waals surface area contributed by atoms with Gasteiger partial charge in [-0.1, -0.05) is 6.07 Å². The van der Waals surface area contributed by atoms with Crippen molar-refractivity contribution in [2.45, 2.75) is 19.8 Å². The average molecular weight is 279 g/mol. The maximum absolute atomic E-state index is 11.6. The number of nitrogens with one attached hydrogen (secondary N) is 1. The molecule has 1 N–H and O–H groups in total. The van der Waals surface area contributed by atoms with Crippen molar-refractivity contribution in [2.24, 2.45) is 0 Å². The molecule has 1 aromatic rings. The molecule has 1 aromatic carbocycles. The van der Waals surface area contributed by atoms with Gasteiger partial charge in [0.15, 0.2) is 0 Å². The van der Waals surface area contributed by atoms with Crippen molar-refractivity contribution in [3.63, 3.8) is 0 Å². The number of carbonyl (C=O) groups is 3. The number of benzene rings is 1. The predicted octanol–water partition coefficient (Wildman–Crippen LogP) is 1.33. The van der Waals surface area contributed by atoms with E-state index in [2.05, 4.69) is 10.1 Å². The summed E-state index contributed by atoms with van der Waals surface area (Å²) in [6.45, 7) is 1.34. The number of ether oxygens (including phenoxy) is 2. The van der Waals surface area contributed by atoms with Crippen LogP contribution in [0.2, 0.25) is 0 Å². The minimum Gasteiger partial charge on any atom is -0.495 e. The number of ketones is 1. The summed E-state index contributed by atoms with van der Waals surface area (Å²) in [5.41, 5.74) is 1.09. The molecule has 0 radical (unpaired) electrons. The molecule has 0 aliphatic carbocycles. The van der Waals surface area contributed by atoms with Crippen LogP contribution in [-0.2, 0) is 25.5 Å². The molecule has 0 heterocycles. The molecule has 0 fully saturated rings. The second kappa shape index (κ2) is 7.28. The van der Waals surface area contributed by atoms with Crippen LogP contribution in [0.3, 0.4) is 0 Å². The second-order valence-electron chi connectivity index (χ2n) is 4.21. The molecule has 0 aliphatic rings. The molecule has 20 heavy (non-hydrogen) atoms. The van der Waals surface area contributed by atoms with Crippen LogP contribution in [0.4, 0.5) is 5.69 Å². The zero-order chi connectivity index (χ0) is 15.1. The number of esters is 1. The van der Waals surface area contributed by atoms with E-state index in [0.29, 0.717) is 17.0 Å². The number of hydrogen-bond donors (Lipinski definition) is 1. The first-order valence-corrected chi connectivity index (χ1v) is 5.99. The van der Waals surface area contributed by atoms with E-state index in [0.717, 1.165) is 0 Å². The third-order valence-corrected chi connectivity index (χ3v) is 2.52. The van der Waals surface area contributed by atoms with E-state index < -0.39 is 5.91 Å². The summed E-state index contributed by atoms with van der Waals surface area (Å²) in [7, 11) is 2.78. The highest BCUT2D eigenvalue weighted by atomic mass is 16.5. The highest BCUT2D eigenvalue weighted by Crippen LogP contribution is 2.26.